The molecule has 4 unspecified atom stereocenters. The molecular formula is C27H46O3. The van der Waals surface area contributed by atoms with E-state index >= 15 is 0 Å². The standard InChI is InChI=1S/C27H46O3/c1-5-22(11-8-10-21(2)29)14-15-23-12-9-19-27(20-28)24(16-17-25(23)27)13-6-7-18-26(3,4)30/h5,14-15,21,24-25,28-30H,1,6-13,16-20H2,2-4H3/b22-14+,23-15+. The highest BCUT2D eigenvalue weighted by Gasteiger charge is 2.51. The van der Waals surface area contributed by atoms with Crippen molar-refractivity contribution in [2.75, 3.05) is 6.61 Å². The van der Waals surface area contributed by atoms with Gasteiger partial charge in [0, 0.05) is 12.0 Å². The minimum atomic E-state index is -0.571. The minimum absolute atomic E-state index is 0.0628. The summed E-state index contributed by atoms with van der Waals surface area (Å²) < 4.78 is 0. The molecule has 30 heavy (non-hydrogen) atoms. The number of rotatable bonds is 12. The third-order valence-corrected chi connectivity index (χ3v) is 7.61. The fourth-order valence-electron chi connectivity index (χ4n) is 5.92. The summed E-state index contributed by atoms with van der Waals surface area (Å²) in [5.41, 5.74) is 2.25. The van der Waals surface area contributed by atoms with Crippen molar-refractivity contribution in [2.24, 2.45) is 17.3 Å². The van der Waals surface area contributed by atoms with E-state index in [-0.39, 0.29) is 11.5 Å². The third kappa shape index (κ3) is 7.07. The van der Waals surface area contributed by atoms with Crippen LogP contribution >= 0.6 is 0 Å². The molecule has 0 aromatic carbocycles. The predicted octanol–water partition coefficient (Wildman–Crippen LogP) is 6.10. The van der Waals surface area contributed by atoms with Crippen LogP contribution < -0.4 is 0 Å². The summed E-state index contributed by atoms with van der Waals surface area (Å²) in [4.78, 5) is 0. The van der Waals surface area contributed by atoms with Crippen LogP contribution in [-0.2, 0) is 0 Å². The van der Waals surface area contributed by atoms with Gasteiger partial charge in [-0.3, -0.25) is 0 Å². The molecule has 0 spiro atoms. The third-order valence-electron chi connectivity index (χ3n) is 7.61. The Kier molecular flexibility index (Phi) is 9.84. The molecule has 2 aliphatic carbocycles. The van der Waals surface area contributed by atoms with Gasteiger partial charge in [0.1, 0.15) is 0 Å². The van der Waals surface area contributed by atoms with Crippen LogP contribution in [0.2, 0.25) is 0 Å². The van der Waals surface area contributed by atoms with Gasteiger partial charge in [-0.25, -0.2) is 0 Å². The molecule has 2 saturated carbocycles. The second-order valence-corrected chi connectivity index (χ2v) is 10.6. The average Bonchev–Trinajstić information content (AvgIpc) is 3.06. The largest absolute Gasteiger partial charge is 0.396 e. The number of hydrogen-bond donors (Lipinski definition) is 3. The van der Waals surface area contributed by atoms with Gasteiger partial charge >= 0.3 is 0 Å². The Morgan fingerprint density at radius 1 is 1.27 bits per heavy atom. The molecule has 0 aliphatic heterocycles. The molecule has 3 N–H and O–H groups in total. The number of allylic oxidation sites excluding steroid dienone is 5. The zero-order chi connectivity index (χ0) is 22.2. The summed E-state index contributed by atoms with van der Waals surface area (Å²) in [6.07, 6.45) is 19.1. The lowest BCUT2D eigenvalue weighted by atomic mass is 9.62. The summed E-state index contributed by atoms with van der Waals surface area (Å²) in [5, 5.41) is 29.9. The first-order valence-electron chi connectivity index (χ1n) is 12.2. The second kappa shape index (κ2) is 11.6. The highest BCUT2D eigenvalue weighted by atomic mass is 16.3. The van der Waals surface area contributed by atoms with E-state index < -0.39 is 5.60 Å². The molecule has 0 saturated heterocycles. The molecule has 2 aliphatic rings. The van der Waals surface area contributed by atoms with Crippen molar-refractivity contribution >= 4 is 0 Å². The van der Waals surface area contributed by atoms with Gasteiger partial charge in [0.15, 0.2) is 0 Å². The van der Waals surface area contributed by atoms with Gasteiger partial charge in [0.2, 0.25) is 0 Å². The second-order valence-electron chi connectivity index (χ2n) is 10.6. The molecule has 0 amide bonds. The van der Waals surface area contributed by atoms with Gasteiger partial charge in [0.25, 0.3) is 0 Å². The van der Waals surface area contributed by atoms with Crippen molar-refractivity contribution < 1.29 is 15.3 Å². The number of fused-ring (bicyclic) bond motifs is 1. The van der Waals surface area contributed by atoms with Gasteiger partial charge in [0.05, 0.1) is 11.7 Å². The van der Waals surface area contributed by atoms with Gasteiger partial charge in [-0.05, 0) is 102 Å². The van der Waals surface area contributed by atoms with Crippen molar-refractivity contribution in [1.82, 2.24) is 0 Å². The van der Waals surface area contributed by atoms with Gasteiger partial charge in [-0.2, -0.15) is 0 Å². The summed E-state index contributed by atoms with van der Waals surface area (Å²) in [6, 6.07) is 0. The number of aliphatic hydroxyl groups excluding tert-OH is 2. The highest BCUT2D eigenvalue weighted by molar-refractivity contribution is 5.28. The van der Waals surface area contributed by atoms with E-state index in [4.69, 9.17) is 0 Å². The Morgan fingerprint density at radius 3 is 2.67 bits per heavy atom. The Morgan fingerprint density at radius 2 is 2.03 bits per heavy atom. The van der Waals surface area contributed by atoms with E-state index in [1.54, 1.807) is 0 Å². The maximum atomic E-state index is 10.5. The lowest BCUT2D eigenvalue weighted by Crippen LogP contribution is -2.39. The fourth-order valence-corrected chi connectivity index (χ4v) is 5.92. The molecule has 0 heterocycles. The zero-order valence-corrected chi connectivity index (χ0v) is 19.7. The molecule has 0 bridgehead atoms. The van der Waals surface area contributed by atoms with Gasteiger partial charge in [-0.1, -0.05) is 43.2 Å². The Hall–Kier alpha value is -0.900. The molecule has 4 atom stereocenters. The average molecular weight is 419 g/mol. The van der Waals surface area contributed by atoms with Crippen molar-refractivity contribution in [2.45, 2.75) is 110 Å². The van der Waals surface area contributed by atoms with Crippen molar-refractivity contribution in [3.8, 4) is 0 Å². The summed E-state index contributed by atoms with van der Waals surface area (Å²) in [6.45, 7) is 9.90. The van der Waals surface area contributed by atoms with E-state index in [2.05, 4.69) is 18.7 Å². The summed E-state index contributed by atoms with van der Waals surface area (Å²) in [5.74, 6) is 1.11. The zero-order valence-electron chi connectivity index (χ0n) is 19.7. The smallest absolute Gasteiger partial charge is 0.0591 e. The van der Waals surface area contributed by atoms with Crippen LogP contribution in [0.25, 0.3) is 0 Å². The molecular weight excluding hydrogens is 372 g/mol. The first-order valence-corrected chi connectivity index (χ1v) is 12.2. The van der Waals surface area contributed by atoms with E-state index in [9.17, 15) is 15.3 Å². The van der Waals surface area contributed by atoms with Crippen LogP contribution in [0.1, 0.15) is 97.8 Å². The summed E-state index contributed by atoms with van der Waals surface area (Å²) in [7, 11) is 0. The molecule has 2 fully saturated rings. The van der Waals surface area contributed by atoms with E-state index in [1.807, 2.05) is 26.8 Å². The van der Waals surface area contributed by atoms with Gasteiger partial charge in [-0.15, -0.1) is 0 Å². The Bertz CT molecular complexity index is 596. The van der Waals surface area contributed by atoms with Crippen molar-refractivity contribution in [3.05, 3.63) is 36.0 Å². The van der Waals surface area contributed by atoms with E-state index in [0.29, 0.717) is 18.4 Å². The quantitative estimate of drug-likeness (QED) is 0.265. The summed E-state index contributed by atoms with van der Waals surface area (Å²) >= 11 is 0. The molecule has 172 valence electrons. The normalized spacial score (nSPS) is 29.8. The van der Waals surface area contributed by atoms with Gasteiger partial charge < -0.3 is 15.3 Å². The first-order chi connectivity index (χ1) is 14.2. The lowest BCUT2D eigenvalue weighted by Gasteiger charge is -2.44. The van der Waals surface area contributed by atoms with Crippen LogP contribution in [-0.4, -0.2) is 33.6 Å². The fraction of sp³-hybridized carbons (Fsp3) is 0.778. The number of aliphatic hydroxyl groups is 3. The molecule has 0 aromatic rings. The SMILES string of the molecule is C=C/C(=C\C=C1/CCCC2(CO)C(CCCCC(C)(C)O)CCC12)CCCC(C)O. The number of unbranched alkanes of at least 4 members (excludes halogenated alkanes) is 1. The minimum Gasteiger partial charge on any atom is -0.396 e. The molecule has 3 heteroatoms. The topological polar surface area (TPSA) is 60.7 Å². The van der Waals surface area contributed by atoms with Crippen molar-refractivity contribution in [3.63, 3.8) is 0 Å². The van der Waals surface area contributed by atoms with E-state index in [1.165, 1.54) is 36.8 Å². The van der Waals surface area contributed by atoms with Crippen LogP contribution in [0.15, 0.2) is 36.0 Å². The first kappa shape index (κ1) is 25.4. The van der Waals surface area contributed by atoms with Crippen LogP contribution in [0.5, 0.6) is 0 Å². The number of hydrogen-bond acceptors (Lipinski definition) is 3. The molecule has 0 radical (unpaired) electrons. The predicted molar refractivity (Wildman–Crippen MR) is 126 cm³/mol. The van der Waals surface area contributed by atoms with Crippen LogP contribution in [0, 0.1) is 17.3 Å². The Labute approximate surface area is 185 Å². The van der Waals surface area contributed by atoms with Crippen LogP contribution in [0.3, 0.4) is 0 Å². The maximum absolute atomic E-state index is 10.5. The molecule has 0 aromatic heterocycles. The molecule has 3 nitrogen and oxygen atoms in total. The maximum Gasteiger partial charge on any atom is 0.0591 e. The molecule has 2 rings (SSSR count). The monoisotopic (exact) mass is 418 g/mol. The van der Waals surface area contributed by atoms with E-state index in [0.717, 1.165) is 51.4 Å². The Balaban J connectivity index is 2.03. The lowest BCUT2D eigenvalue weighted by molar-refractivity contribution is 0.0246. The highest BCUT2D eigenvalue weighted by Crippen LogP contribution is 2.58. The van der Waals surface area contributed by atoms with Crippen molar-refractivity contribution in [1.29, 1.82) is 0 Å². The van der Waals surface area contributed by atoms with Crippen LogP contribution in [0.4, 0.5) is 0 Å².